The lowest BCUT2D eigenvalue weighted by Gasteiger charge is -2.30. The average Bonchev–Trinajstić information content (AvgIpc) is 3.28. The van der Waals surface area contributed by atoms with Gasteiger partial charge in [-0.2, -0.15) is 5.10 Å². The number of aromatic nitrogens is 2. The number of amides is 1. The molecule has 0 saturated carbocycles. The summed E-state index contributed by atoms with van der Waals surface area (Å²) in [7, 11) is 0. The topological polar surface area (TPSA) is 87.5 Å². The van der Waals surface area contributed by atoms with Crippen LogP contribution in [0.15, 0.2) is 60.7 Å². The zero-order valence-corrected chi connectivity index (χ0v) is 20.0. The number of carboxylic acids is 1. The Morgan fingerprint density at radius 3 is 2.26 bits per heavy atom. The number of carboxylic acid groups (broad SMARTS) is 1. The number of benzene rings is 2. The van der Waals surface area contributed by atoms with E-state index in [4.69, 9.17) is 5.11 Å². The summed E-state index contributed by atoms with van der Waals surface area (Å²) < 4.78 is 1.90. The molecule has 7 heteroatoms. The van der Waals surface area contributed by atoms with Crippen LogP contribution >= 0.6 is 0 Å². The highest BCUT2D eigenvalue weighted by atomic mass is 16.4. The van der Waals surface area contributed by atoms with Gasteiger partial charge in [-0.3, -0.25) is 19.2 Å². The quantitative estimate of drug-likeness (QED) is 0.549. The maximum atomic E-state index is 13.0. The van der Waals surface area contributed by atoms with Crippen molar-refractivity contribution in [2.24, 2.45) is 5.92 Å². The number of nitrogens with one attached hydrogen (secondary N) is 1. The molecule has 7 nitrogen and oxygen atoms in total. The fourth-order valence-corrected chi connectivity index (χ4v) is 4.30. The number of hydrogen-bond acceptors (Lipinski definition) is 4. The summed E-state index contributed by atoms with van der Waals surface area (Å²) in [5.41, 5.74) is 3.87. The summed E-state index contributed by atoms with van der Waals surface area (Å²) >= 11 is 0. The molecular weight excluding hydrogens is 428 g/mol. The molecular formula is C27H32N4O3. The van der Waals surface area contributed by atoms with E-state index in [1.54, 1.807) is 0 Å². The van der Waals surface area contributed by atoms with Crippen LogP contribution in [0.3, 0.4) is 0 Å². The fourth-order valence-electron chi connectivity index (χ4n) is 4.30. The van der Waals surface area contributed by atoms with Crippen molar-refractivity contribution in [1.82, 2.24) is 14.7 Å². The standard InChI is InChI=1S/C27H32N4O3/c1-27(2,3)31-24(20-7-5-4-6-8-20)17-23(29-31)25(32)28-22-11-9-19(10-12-22)18-30-15-13-21(14-16-30)26(33)34/h4-12,17,21H,13-16,18H2,1-3H3,(H,28,32)(H,33,34). The Balaban J connectivity index is 1.42. The molecule has 2 N–H and O–H groups in total. The molecule has 0 unspecified atom stereocenters. The highest BCUT2D eigenvalue weighted by Crippen LogP contribution is 2.27. The van der Waals surface area contributed by atoms with Gasteiger partial charge in [-0.05, 0) is 76.0 Å². The summed E-state index contributed by atoms with van der Waals surface area (Å²) in [5.74, 6) is -1.16. The first-order valence-electron chi connectivity index (χ1n) is 11.7. The first-order valence-corrected chi connectivity index (χ1v) is 11.7. The van der Waals surface area contributed by atoms with Gasteiger partial charge in [0.25, 0.3) is 5.91 Å². The van der Waals surface area contributed by atoms with Gasteiger partial charge in [0.05, 0.1) is 17.2 Å². The van der Waals surface area contributed by atoms with E-state index in [-0.39, 0.29) is 17.4 Å². The van der Waals surface area contributed by atoms with Gasteiger partial charge >= 0.3 is 5.97 Å². The van der Waals surface area contributed by atoms with E-state index in [9.17, 15) is 9.59 Å². The fraction of sp³-hybridized carbons (Fsp3) is 0.370. The Bertz CT molecular complexity index is 1140. The van der Waals surface area contributed by atoms with Crippen molar-refractivity contribution in [2.75, 3.05) is 18.4 Å². The Morgan fingerprint density at radius 2 is 1.68 bits per heavy atom. The molecule has 4 rings (SSSR count). The lowest BCUT2D eigenvalue weighted by Crippen LogP contribution is -2.35. The number of anilines is 1. The molecule has 1 fully saturated rings. The molecule has 2 aromatic carbocycles. The monoisotopic (exact) mass is 460 g/mol. The van der Waals surface area contributed by atoms with E-state index in [0.29, 0.717) is 24.2 Å². The molecule has 1 aliphatic rings. The minimum Gasteiger partial charge on any atom is -0.481 e. The summed E-state index contributed by atoms with van der Waals surface area (Å²) in [6.45, 7) is 8.55. The van der Waals surface area contributed by atoms with E-state index in [2.05, 4.69) is 36.1 Å². The molecule has 1 aliphatic heterocycles. The molecule has 2 heterocycles. The van der Waals surface area contributed by atoms with Crippen molar-refractivity contribution in [3.05, 3.63) is 71.9 Å². The maximum absolute atomic E-state index is 13.0. The van der Waals surface area contributed by atoms with E-state index in [1.807, 2.05) is 65.3 Å². The van der Waals surface area contributed by atoms with Gasteiger partial charge in [0.2, 0.25) is 0 Å². The van der Waals surface area contributed by atoms with Crippen LogP contribution in [0, 0.1) is 5.92 Å². The Hall–Kier alpha value is -3.45. The highest BCUT2D eigenvalue weighted by molar-refractivity contribution is 6.03. The number of carbonyl (C=O) groups excluding carboxylic acids is 1. The molecule has 3 aromatic rings. The maximum Gasteiger partial charge on any atom is 0.306 e. The number of likely N-dealkylation sites (tertiary alicyclic amines) is 1. The zero-order chi connectivity index (χ0) is 24.3. The second-order valence-electron chi connectivity index (χ2n) is 9.90. The van der Waals surface area contributed by atoms with Crippen LogP contribution in [0.5, 0.6) is 0 Å². The average molecular weight is 461 g/mol. The van der Waals surface area contributed by atoms with Crippen molar-refractivity contribution >= 4 is 17.6 Å². The van der Waals surface area contributed by atoms with Gasteiger partial charge in [0.15, 0.2) is 5.69 Å². The van der Waals surface area contributed by atoms with Crippen LogP contribution < -0.4 is 5.32 Å². The third kappa shape index (κ3) is 5.54. The minimum absolute atomic E-state index is 0.224. The number of nitrogens with zero attached hydrogens (tertiary/aromatic N) is 3. The van der Waals surface area contributed by atoms with Crippen LogP contribution in [-0.4, -0.2) is 44.8 Å². The Kier molecular flexibility index (Phi) is 6.84. The van der Waals surface area contributed by atoms with Crippen molar-refractivity contribution < 1.29 is 14.7 Å². The van der Waals surface area contributed by atoms with Crippen LogP contribution in [0.25, 0.3) is 11.3 Å². The van der Waals surface area contributed by atoms with Crippen molar-refractivity contribution in [3.63, 3.8) is 0 Å². The highest BCUT2D eigenvalue weighted by Gasteiger charge is 2.25. The van der Waals surface area contributed by atoms with E-state index < -0.39 is 5.97 Å². The smallest absolute Gasteiger partial charge is 0.306 e. The van der Waals surface area contributed by atoms with Gasteiger partial charge in [-0.1, -0.05) is 42.5 Å². The number of rotatable bonds is 6. The van der Waals surface area contributed by atoms with Crippen LogP contribution in [-0.2, 0) is 16.9 Å². The summed E-state index contributed by atoms with van der Waals surface area (Å²) in [4.78, 5) is 26.4. The van der Waals surface area contributed by atoms with E-state index in [0.717, 1.165) is 36.5 Å². The third-order valence-corrected chi connectivity index (χ3v) is 6.20. The van der Waals surface area contributed by atoms with Gasteiger partial charge in [-0.15, -0.1) is 0 Å². The van der Waals surface area contributed by atoms with Gasteiger partial charge in [-0.25, -0.2) is 0 Å². The van der Waals surface area contributed by atoms with Gasteiger partial charge < -0.3 is 10.4 Å². The minimum atomic E-state index is -0.692. The number of aliphatic carboxylic acids is 1. The molecule has 0 aliphatic carbocycles. The lowest BCUT2D eigenvalue weighted by molar-refractivity contribution is -0.143. The molecule has 0 spiro atoms. The lowest BCUT2D eigenvalue weighted by atomic mass is 9.97. The summed E-state index contributed by atoms with van der Waals surface area (Å²) in [5, 5.41) is 16.7. The molecule has 1 saturated heterocycles. The summed E-state index contributed by atoms with van der Waals surface area (Å²) in [6.07, 6.45) is 1.38. The van der Waals surface area contributed by atoms with E-state index >= 15 is 0 Å². The summed E-state index contributed by atoms with van der Waals surface area (Å²) in [6, 6.07) is 19.6. The largest absolute Gasteiger partial charge is 0.481 e. The predicted molar refractivity (Wildman–Crippen MR) is 133 cm³/mol. The van der Waals surface area contributed by atoms with Crippen LogP contribution in [0.2, 0.25) is 0 Å². The first kappa shape index (κ1) is 23.7. The van der Waals surface area contributed by atoms with Gasteiger partial charge in [0, 0.05) is 12.2 Å². The molecule has 178 valence electrons. The van der Waals surface area contributed by atoms with Crippen LogP contribution in [0.1, 0.15) is 49.7 Å². The third-order valence-electron chi connectivity index (χ3n) is 6.20. The van der Waals surface area contributed by atoms with Crippen molar-refractivity contribution in [3.8, 4) is 11.3 Å². The molecule has 0 atom stereocenters. The molecule has 0 bridgehead atoms. The molecule has 0 radical (unpaired) electrons. The van der Waals surface area contributed by atoms with Crippen LogP contribution in [0.4, 0.5) is 5.69 Å². The zero-order valence-electron chi connectivity index (χ0n) is 20.0. The molecule has 34 heavy (non-hydrogen) atoms. The predicted octanol–water partition coefficient (Wildman–Crippen LogP) is 4.85. The second-order valence-corrected chi connectivity index (χ2v) is 9.90. The normalized spacial score (nSPS) is 15.3. The Labute approximate surface area is 200 Å². The number of carbonyl (C=O) groups is 2. The molecule has 1 aromatic heterocycles. The number of hydrogen-bond donors (Lipinski definition) is 2. The first-order chi connectivity index (χ1) is 16.2. The SMILES string of the molecule is CC(C)(C)n1nc(C(=O)Nc2ccc(CN3CCC(C(=O)O)CC3)cc2)cc1-c1ccccc1. The van der Waals surface area contributed by atoms with E-state index in [1.165, 1.54) is 0 Å². The van der Waals surface area contributed by atoms with Gasteiger partial charge in [0.1, 0.15) is 0 Å². The second kappa shape index (κ2) is 9.81. The van der Waals surface area contributed by atoms with Crippen molar-refractivity contribution in [1.29, 1.82) is 0 Å². The number of piperidine rings is 1. The Morgan fingerprint density at radius 1 is 1.03 bits per heavy atom. The van der Waals surface area contributed by atoms with Crippen molar-refractivity contribution in [2.45, 2.75) is 45.7 Å². The molecule has 1 amide bonds.